The monoisotopic (exact) mass is 251 g/mol. The molecule has 0 fully saturated rings. The molecule has 4 nitrogen and oxygen atoms in total. The molecule has 1 aromatic carbocycles. The highest BCUT2D eigenvalue weighted by Gasteiger charge is 2.05. The fourth-order valence-corrected chi connectivity index (χ4v) is 1.61. The number of nitrogens with one attached hydrogen (secondary N) is 1. The molecule has 0 spiro atoms. The molecule has 0 aromatic heterocycles. The minimum absolute atomic E-state index is 0.0288. The zero-order chi connectivity index (χ0) is 13.0. The highest BCUT2D eigenvalue weighted by Crippen LogP contribution is 2.14. The standard InChI is InChI=1S/C12H17N3OS/c1-8-6-9(4-5-10(8)12(13)17)14-7-11(16)15(2)3/h4-6,14H,7H2,1-3H3,(H2,13,17). The molecule has 0 saturated carbocycles. The number of nitrogens with zero attached hydrogens (tertiary/aromatic N) is 1. The van der Waals surface area contributed by atoms with E-state index in [-0.39, 0.29) is 12.5 Å². The highest BCUT2D eigenvalue weighted by molar-refractivity contribution is 7.80. The predicted molar refractivity (Wildman–Crippen MR) is 74.3 cm³/mol. The summed E-state index contributed by atoms with van der Waals surface area (Å²) in [6, 6.07) is 5.65. The van der Waals surface area contributed by atoms with Crippen molar-refractivity contribution in [2.75, 3.05) is 26.0 Å². The third-order valence-electron chi connectivity index (χ3n) is 2.43. The van der Waals surface area contributed by atoms with Crippen LogP contribution in [-0.2, 0) is 4.79 Å². The average molecular weight is 251 g/mol. The van der Waals surface area contributed by atoms with Crippen LogP contribution in [0.4, 0.5) is 5.69 Å². The molecule has 0 aliphatic carbocycles. The number of rotatable bonds is 4. The van der Waals surface area contributed by atoms with E-state index in [0.717, 1.165) is 16.8 Å². The fourth-order valence-electron chi connectivity index (χ4n) is 1.39. The number of aryl methyl sites for hydroxylation is 1. The van der Waals surface area contributed by atoms with Crippen LogP contribution < -0.4 is 11.1 Å². The summed E-state index contributed by atoms with van der Waals surface area (Å²) >= 11 is 4.93. The Hall–Kier alpha value is -1.62. The third kappa shape index (κ3) is 3.71. The summed E-state index contributed by atoms with van der Waals surface area (Å²) in [7, 11) is 3.45. The molecular formula is C12H17N3OS. The van der Waals surface area contributed by atoms with Crippen LogP contribution in [0.3, 0.4) is 0 Å². The summed E-state index contributed by atoms with van der Waals surface area (Å²) in [6.07, 6.45) is 0. The van der Waals surface area contributed by atoms with Crippen molar-refractivity contribution in [2.24, 2.45) is 5.73 Å². The second kappa shape index (κ2) is 5.63. The van der Waals surface area contributed by atoms with E-state index in [2.05, 4.69) is 5.32 Å². The van der Waals surface area contributed by atoms with Crippen LogP contribution in [0.5, 0.6) is 0 Å². The van der Waals surface area contributed by atoms with Gasteiger partial charge in [-0.3, -0.25) is 4.79 Å². The summed E-state index contributed by atoms with van der Waals surface area (Å²) in [5.74, 6) is 0.0288. The lowest BCUT2D eigenvalue weighted by atomic mass is 10.1. The van der Waals surface area contributed by atoms with E-state index in [9.17, 15) is 4.79 Å². The van der Waals surface area contributed by atoms with E-state index in [4.69, 9.17) is 18.0 Å². The van der Waals surface area contributed by atoms with Gasteiger partial charge in [-0.1, -0.05) is 12.2 Å². The van der Waals surface area contributed by atoms with Crippen LogP contribution in [-0.4, -0.2) is 36.4 Å². The molecule has 0 bridgehead atoms. The fraction of sp³-hybridized carbons (Fsp3) is 0.333. The molecule has 1 rings (SSSR count). The van der Waals surface area contributed by atoms with E-state index in [1.54, 1.807) is 19.0 Å². The van der Waals surface area contributed by atoms with E-state index < -0.39 is 0 Å². The highest BCUT2D eigenvalue weighted by atomic mass is 32.1. The molecule has 1 amide bonds. The molecule has 0 aliphatic rings. The molecule has 5 heteroatoms. The maximum absolute atomic E-state index is 11.4. The van der Waals surface area contributed by atoms with Gasteiger partial charge < -0.3 is 16.0 Å². The second-order valence-electron chi connectivity index (χ2n) is 4.04. The van der Waals surface area contributed by atoms with Crippen LogP contribution >= 0.6 is 12.2 Å². The largest absolute Gasteiger partial charge is 0.389 e. The maximum atomic E-state index is 11.4. The van der Waals surface area contributed by atoms with E-state index >= 15 is 0 Å². The number of carbonyl (C=O) groups is 1. The van der Waals surface area contributed by atoms with Crippen molar-refractivity contribution in [1.82, 2.24) is 4.90 Å². The van der Waals surface area contributed by atoms with Gasteiger partial charge in [0.05, 0.1) is 6.54 Å². The number of nitrogens with two attached hydrogens (primary N) is 1. The predicted octanol–water partition coefficient (Wildman–Crippen LogP) is 1.13. The quantitative estimate of drug-likeness (QED) is 0.788. The molecule has 0 radical (unpaired) electrons. The van der Waals surface area contributed by atoms with Crippen molar-refractivity contribution in [3.8, 4) is 0 Å². The van der Waals surface area contributed by atoms with Gasteiger partial charge in [0.15, 0.2) is 0 Å². The van der Waals surface area contributed by atoms with Crippen molar-refractivity contribution in [1.29, 1.82) is 0 Å². The Morgan fingerprint density at radius 2 is 2.12 bits per heavy atom. The Kier molecular flexibility index (Phi) is 4.45. The first kappa shape index (κ1) is 13.4. The molecule has 1 aromatic rings. The van der Waals surface area contributed by atoms with Crippen LogP contribution in [0.25, 0.3) is 0 Å². The van der Waals surface area contributed by atoms with Gasteiger partial charge in [0.1, 0.15) is 4.99 Å². The van der Waals surface area contributed by atoms with Gasteiger partial charge in [-0.25, -0.2) is 0 Å². The Bertz CT molecular complexity index is 443. The van der Waals surface area contributed by atoms with E-state index in [0.29, 0.717) is 4.99 Å². The molecule has 0 unspecified atom stereocenters. The van der Waals surface area contributed by atoms with Crippen molar-refractivity contribution < 1.29 is 4.79 Å². The number of thiocarbonyl (C=S) groups is 1. The topological polar surface area (TPSA) is 58.4 Å². The normalized spacial score (nSPS) is 9.82. The summed E-state index contributed by atoms with van der Waals surface area (Å²) in [5, 5.41) is 3.06. The molecule has 0 atom stereocenters. The van der Waals surface area contributed by atoms with Crippen molar-refractivity contribution >= 4 is 28.8 Å². The number of carbonyl (C=O) groups excluding carboxylic acids is 1. The van der Waals surface area contributed by atoms with Crippen molar-refractivity contribution in [2.45, 2.75) is 6.92 Å². The minimum Gasteiger partial charge on any atom is -0.389 e. The van der Waals surface area contributed by atoms with Gasteiger partial charge in [-0.15, -0.1) is 0 Å². The first-order valence-corrected chi connectivity index (χ1v) is 5.67. The Labute approximate surface area is 107 Å². The van der Waals surface area contributed by atoms with Gasteiger partial charge in [-0.05, 0) is 30.7 Å². The SMILES string of the molecule is Cc1cc(NCC(=O)N(C)C)ccc1C(N)=S. The van der Waals surface area contributed by atoms with Crippen LogP contribution in [0.15, 0.2) is 18.2 Å². The van der Waals surface area contributed by atoms with Crippen LogP contribution in [0.1, 0.15) is 11.1 Å². The average Bonchev–Trinajstić information content (AvgIpc) is 2.25. The summed E-state index contributed by atoms with van der Waals surface area (Å²) in [5.41, 5.74) is 8.33. The van der Waals surface area contributed by atoms with Crippen molar-refractivity contribution in [3.63, 3.8) is 0 Å². The molecule has 17 heavy (non-hydrogen) atoms. The van der Waals surface area contributed by atoms with Gasteiger partial charge in [-0.2, -0.15) is 0 Å². The minimum atomic E-state index is 0.0288. The molecule has 92 valence electrons. The summed E-state index contributed by atoms with van der Waals surface area (Å²) in [4.78, 5) is 13.3. The smallest absolute Gasteiger partial charge is 0.241 e. The Morgan fingerprint density at radius 1 is 1.47 bits per heavy atom. The summed E-state index contributed by atoms with van der Waals surface area (Å²) < 4.78 is 0. The van der Waals surface area contributed by atoms with Crippen molar-refractivity contribution in [3.05, 3.63) is 29.3 Å². The number of amides is 1. The lowest BCUT2D eigenvalue weighted by molar-refractivity contribution is -0.126. The lowest BCUT2D eigenvalue weighted by Crippen LogP contribution is -2.28. The molecule has 0 saturated heterocycles. The Morgan fingerprint density at radius 3 is 2.59 bits per heavy atom. The van der Waals surface area contributed by atoms with Crippen LogP contribution in [0.2, 0.25) is 0 Å². The number of likely N-dealkylation sites (N-methyl/N-ethyl adjacent to an activating group) is 1. The van der Waals surface area contributed by atoms with E-state index in [1.807, 2.05) is 25.1 Å². The molecule has 0 aliphatic heterocycles. The third-order valence-corrected chi connectivity index (χ3v) is 2.65. The van der Waals surface area contributed by atoms with Gasteiger partial charge in [0.25, 0.3) is 0 Å². The molecule has 0 heterocycles. The van der Waals surface area contributed by atoms with Gasteiger partial charge in [0.2, 0.25) is 5.91 Å². The number of hydrogen-bond donors (Lipinski definition) is 2. The first-order valence-electron chi connectivity index (χ1n) is 5.26. The first-order chi connectivity index (χ1) is 7.91. The zero-order valence-corrected chi connectivity index (χ0v) is 11.1. The van der Waals surface area contributed by atoms with E-state index in [1.165, 1.54) is 0 Å². The second-order valence-corrected chi connectivity index (χ2v) is 4.48. The number of benzene rings is 1. The maximum Gasteiger partial charge on any atom is 0.241 e. The number of anilines is 1. The van der Waals surface area contributed by atoms with Gasteiger partial charge >= 0.3 is 0 Å². The van der Waals surface area contributed by atoms with Gasteiger partial charge in [0, 0.05) is 25.3 Å². The summed E-state index contributed by atoms with van der Waals surface area (Å²) in [6.45, 7) is 2.21. The van der Waals surface area contributed by atoms with Crippen LogP contribution in [0, 0.1) is 6.92 Å². The zero-order valence-electron chi connectivity index (χ0n) is 10.3. The Balaban J connectivity index is 2.71. The molecule has 3 N–H and O–H groups in total. The lowest BCUT2D eigenvalue weighted by Gasteiger charge is -2.13. The number of hydrogen-bond acceptors (Lipinski definition) is 3. The molecular weight excluding hydrogens is 234 g/mol.